The zero-order chi connectivity index (χ0) is 37.9. The number of rotatable bonds is 12. The van der Waals surface area contributed by atoms with Crippen molar-refractivity contribution in [1.82, 2.24) is 4.98 Å². The van der Waals surface area contributed by atoms with Crippen LogP contribution in [0, 0.1) is 22.8 Å². The predicted molar refractivity (Wildman–Crippen MR) is 227 cm³/mol. The van der Waals surface area contributed by atoms with Gasteiger partial charge in [0.15, 0.2) is 5.78 Å². The summed E-state index contributed by atoms with van der Waals surface area (Å²) in [4.78, 5) is 19.8. The summed E-state index contributed by atoms with van der Waals surface area (Å²) in [6.45, 7) is 29.9. The van der Waals surface area contributed by atoms with Crippen LogP contribution in [0.5, 0.6) is 0 Å². The third kappa shape index (κ3) is 9.31. The van der Waals surface area contributed by atoms with Gasteiger partial charge in [-0.15, -0.1) is 52.4 Å². The van der Waals surface area contributed by atoms with Crippen LogP contribution in [0.25, 0.3) is 31.4 Å². The summed E-state index contributed by atoms with van der Waals surface area (Å²) in [6, 6.07) is 14.9. The molecule has 0 saturated carbocycles. The number of aliphatic hydroxyl groups is 1. The van der Waals surface area contributed by atoms with Crippen LogP contribution in [-0.4, -0.2) is 21.1 Å². The first-order chi connectivity index (χ1) is 24.0. The minimum Gasteiger partial charge on any atom is -0.512 e. The molecular weight excluding hydrogens is 875 g/mol. The van der Waals surface area contributed by atoms with Gasteiger partial charge in [-0.25, -0.2) is 0 Å². The van der Waals surface area contributed by atoms with Crippen molar-refractivity contribution in [2.75, 3.05) is 0 Å². The van der Waals surface area contributed by atoms with Crippen molar-refractivity contribution in [2.24, 2.45) is 16.7 Å². The quantitative estimate of drug-likeness (QED) is 0.0664. The summed E-state index contributed by atoms with van der Waals surface area (Å²) in [5.74, 6) is 1.54. The topological polar surface area (TPSA) is 50.2 Å². The molecule has 1 aliphatic rings. The molecule has 2 aromatic carbocycles. The average molecular weight is 935 g/mol. The fourth-order valence-electron chi connectivity index (χ4n) is 6.89. The Bertz CT molecular complexity index is 1890. The van der Waals surface area contributed by atoms with Gasteiger partial charge < -0.3 is 10.1 Å². The molecule has 0 fully saturated rings. The molecule has 3 heterocycles. The number of fused-ring (bicyclic) bond motifs is 5. The molecule has 7 heteroatoms. The normalized spacial score (nSPS) is 16.4. The number of hydrogen-bond donors (Lipinski definition) is 1. The number of aliphatic hydroxyl groups excluding tert-OH is 1. The third-order valence-corrected chi connectivity index (χ3v) is 14.5. The van der Waals surface area contributed by atoms with Crippen LogP contribution in [-0.2, 0) is 30.3 Å². The predicted octanol–water partition coefficient (Wildman–Crippen LogP) is 14.7. The monoisotopic (exact) mass is 935 g/mol. The molecule has 52 heavy (non-hydrogen) atoms. The second-order valence-corrected chi connectivity index (χ2v) is 19.6. The number of carbonyl (C=O) groups is 1. The number of aromatic nitrogens is 1. The molecule has 285 valence electrons. The van der Waals surface area contributed by atoms with E-state index in [9.17, 15) is 9.90 Å². The first kappa shape index (κ1) is 44.5. The van der Waals surface area contributed by atoms with Gasteiger partial charge >= 0.3 is 0 Å². The van der Waals surface area contributed by atoms with Crippen molar-refractivity contribution >= 4 is 60.8 Å². The van der Waals surface area contributed by atoms with Crippen LogP contribution >= 0.6 is 34.9 Å². The smallest absolute Gasteiger partial charge is 0.164 e. The van der Waals surface area contributed by atoms with Crippen molar-refractivity contribution in [3.63, 3.8) is 0 Å². The molecule has 0 amide bonds. The van der Waals surface area contributed by atoms with Crippen LogP contribution in [0.15, 0.2) is 70.1 Å². The Balaban J connectivity index is 0.000000347. The Morgan fingerprint density at radius 2 is 1.62 bits per heavy atom. The first-order valence-corrected chi connectivity index (χ1v) is 21.4. The Kier molecular flexibility index (Phi) is 15.5. The Morgan fingerprint density at radius 3 is 2.17 bits per heavy atom. The second kappa shape index (κ2) is 18.2. The fourth-order valence-corrected chi connectivity index (χ4v) is 10.1. The van der Waals surface area contributed by atoms with E-state index in [2.05, 4.69) is 84.5 Å². The number of carbonyl (C=O) groups excluding carboxylic acids is 1. The maximum Gasteiger partial charge on any atom is 0.164 e. The number of pyridine rings is 1. The molecule has 4 aromatic rings. The molecule has 5 rings (SSSR count). The molecule has 2 unspecified atom stereocenters. The molecular formula is C45H60IrNO2S3-. The molecule has 2 atom stereocenters. The van der Waals surface area contributed by atoms with Crippen LogP contribution in [0.4, 0.5) is 0 Å². The van der Waals surface area contributed by atoms with E-state index in [0.717, 1.165) is 36.9 Å². The van der Waals surface area contributed by atoms with Crippen molar-refractivity contribution in [2.45, 2.75) is 142 Å². The van der Waals surface area contributed by atoms with Crippen molar-refractivity contribution in [3.8, 4) is 11.3 Å². The van der Waals surface area contributed by atoms with Crippen LogP contribution in [0.3, 0.4) is 0 Å². The Labute approximate surface area is 340 Å². The summed E-state index contributed by atoms with van der Waals surface area (Å²) in [5, 5.41) is 15.4. The summed E-state index contributed by atoms with van der Waals surface area (Å²) in [5.41, 5.74) is 4.44. The Hall–Kier alpha value is -1.89. The van der Waals surface area contributed by atoms with E-state index >= 15 is 0 Å². The summed E-state index contributed by atoms with van der Waals surface area (Å²) in [7, 11) is 0. The van der Waals surface area contributed by atoms with E-state index in [0.29, 0.717) is 17.1 Å². The van der Waals surface area contributed by atoms with Crippen molar-refractivity contribution < 1.29 is 30.0 Å². The molecule has 0 bridgehead atoms. The maximum absolute atomic E-state index is 12.2. The SMILES string of the molecule is C=CSc1c[c-]c(-c2nccc3sc4ccc5c(c4c23)C(CC(C)C)C(C)S5)cc1C(C)(C)C.CCC(C)(CC)C(=O)/C=C(\O)C(C)(CC)CC.[Ir]. The van der Waals surface area contributed by atoms with Gasteiger partial charge in [-0.2, -0.15) is 11.8 Å². The van der Waals surface area contributed by atoms with Gasteiger partial charge in [0, 0.05) is 62.8 Å². The standard InChI is InChI=1S/C30H32NS3.C15H28O2.Ir/c1-8-32-22-10-9-19(16-21(22)30(5,6)7)29-28-25(13-14-31-29)34-24-12-11-23-26(27(24)28)20(15-17(2)3)18(4)33-23;1-7-14(5,8-2)12(16)11-13(17)15(6,9-3)10-4;/h8,10-14,16-18,20H,1,15H2,2-7H3;11,16H,7-10H2,1-6H3;/q-1;;/b;12-11-;. The summed E-state index contributed by atoms with van der Waals surface area (Å²) >= 11 is 5.62. The average Bonchev–Trinajstić information content (AvgIpc) is 3.63. The molecule has 0 spiro atoms. The van der Waals surface area contributed by atoms with Crippen LogP contribution < -0.4 is 0 Å². The van der Waals surface area contributed by atoms with Crippen LogP contribution in [0.1, 0.15) is 132 Å². The number of allylic oxidation sites excluding steroid dienone is 2. The number of ketones is 1. The van der Waals surface area contributed by atoms with E-state index in [-0.39, 0.29) is 47.9 Å². The molecule has 0 saturated heterocycles. The van der Waals surface area contributed by atoms with Gasteiger partial charge in [0.2, 0.25) is 0 Å². The zero-order valence-electron chi connectivity index (χ0n) is 33.5. The number of thiophene rings is 1. The van der Waals surface area contributed by atoms with Gasteiger partial charge in [0.05, 0.1) is 0 Å². The fraction of sp³-hybridized carbons (Fsp3) is 0.511. The minimum atomic E-state index is -0.337. The largest absolute Gasteiger partial charge is 0.512 e. The van der Waals surface area contributed by atoms with Crippen molar-refractivity contribution in [3.05, 3.63) is 77.5 Å². The molecule has 1 aliphatic heterocycles. The van der Waals surface area contributed by atoms with Crippen LogP contribution in [0.2, 0.25) is 0 Å². The van der Waals surface area contributed by atoms with Gasteiger partial charge in [-0.3, -0.25) is 4.79 Å². The summed E-state index contributed by atoms with van der Waals surface area (Å²) < 4.78 is 2.69. The number of benzene rings is 2. The molecule has 1 N–H and O–H groups in total. The Morgan fingerprint density at radius 1 is 1.00 bits per heavy atom. The van der Waals surface area contributed by atoms with Gasteiger partial charge in [-0.05, 0) is 95.0 Å². The van der Waals surface area contributed by atoms with Gasteiger partial charge in [-0.1, -0.05) is 94.6 Å². The number of hydrogen-bond acceptors (Lipinski definition) is 6. The number of thioether (sulfide) groups is 2. The molecule has 1 radical (unpaired) electrons. The minimum absolute atomic E-state index is 0. The third-order valence-electron chi connectivity index (χ3n) is 11.3. The maximum atomic E-state index is 12.2. The molecule has 2 aromatic heterocycles. The van der Waals surface area contributed by atoms with E-state index in [1.54, 1.807) is 17.3 Å². The summed E-state index contributed by atoms with van der Waals surface area (Å²) in [6.07, 6.45) is 7.94. The number of nitrogens with zero attached hydrogens (tertiary/aromatic N) is 1. The van der Waals surface area contributed by atoms with E-state index in [1.807, 2.05) is 76.2 Å². The van der Waals surface area contributed by atoms with Gasteiger partial charge in [0.25, 0.3) is 0 Å². The van der Waals surface area contributed by atoms with E-state index < -0.39 is 0 Å². The van der Waals surface area contributed by atoms with Gasteiger partial charge in [0.1, 0.15) is 5.76 Å². The second-order valence-electron chi connectivity index (χ2n) is 16.1. The molecule has 0 aliphatic carbocycles. The molecule has 3 nitrogen and oxygen atoms in total. The van der Waals surface area contributed by atoms with Crippen molar-refractivity contribution in [1.29, 1.82) is 0 Å². The first-order valence-electron chi connectivity index (χ1n) is 18.8. The zero-order valence-corrected chi connectivity index (χ0v) is 38.3. The van der Waals surface area contributed by atoms with E-state index in [1.165, 1.54) is 48.0 Å². The van der Waals surface area contributed by atoms with E-state index in [4.69, 9.17) is 4.98 Å².